The number of nitrogens with zero attached hydrogens (tertiary/aromatic N) is 4. The normalized spacial score (nSPS) is 14.1. The Labute approximate surface area is 189 Å². The summed E-state index contributed by atoms with van der Waals surface area (Å²) in [4.78, 5) is 12.4. The Kier molecular flexibility index (Phi) is 6.11. The van der Waals surface area contributed by atoms with Crippen LogP contribution in [0.1, 0.15) is 42.1 Å². The predicted molar refractivity (Wildman–Crippen MR) is 113 cm³/mol. The number of aryl methyl sites for hydroxylation is 1. The molecule has 0 atom stereocenters. The molecule has 0 unspecified atom stereocenters. The van der Waals surface area contributed by atoms with Gasteiger partial charge in [-0.25, -0.2) is 0 Å². The Hall–Kier alpha value is -2.33. The van der Waals surface area contributed by atoms with E-state index in [2.05, 4.69) is 31.4 Å². The van der Waals surface area contributed by atoms with Crippen molar-refractivity contribution in [3.63, 3.8) is 0 Å². The van der Waals surface area contributed by atoms with Crippen LogP contribution in [-0.4, -0.2) is 25.5 Å². The van der Waals surface area contributed by atoms with Gasteiger partial charge in [-0.05, 0) is 52.5 Å². The molecule has 11 heteroatoms. The second kappa shape index (κ2) is 8.66. The van der Waals surface area contributed by atoms with E-state index in [4.69, 9.17) is 11.6 Å². The lowest BCUT2D eigenvalue weighted by Crippen LogP contribution is -2.17. The van der Waals surface area contributed by atoms with Gasteiger partial charge in [0.05, 0.1) is 11.0 Å². The standard InChI is InChI=1S/C20H18BrClF3N5O/c21-15-11-29(10-12-1-5-14(22)6-2-12)28-19(15)26-18(31)7-8-30-16(13-3-4-13)9-17(27-30)20(23,24)25/h1-2,5-6,9,11,13H,3-4,7-8,10H2,(H,26,28,31). The molecule has 3 aromatic rings. The highest BCUT2D eigenvalue weighted by Gasteiger charge is 2.37. The van der Waals surface area contributed by atoms with Crippen molar-refractivity contribution >= 4 is 39.3 Å². The maximum Gasteiger partial charge on any atom is 0.435 e. The van der Waals surface area contributed by atoms with E-state index in [0.29, 0.717) is 27.6 Å². The van der Waals surface area contributed by atoms with E-state index in [0.717, 1.165) is 24.5 Å². The monoisotopic (exact) mass is 515 g/mol. The molecule has 4 rings (SSSR count). The predicted octanol–water partition coefficient (Wildman–Crippen LogP) is 5.47. The van der Waals surface area contributed by atoms with Crippen molar-refractivity contribution in [2.45, 2.75) is 44.4 Å². The summed E-state index contributed by atoms with van der Waals surface area (Å²) in [6.45, 7) is 0.556. The number of carbonyl (C=O) groups excluding carboxylic acids is 1. The first-order chi connectivity index (χ1) is 14.7. The van der Waals surface area contributed by atoms with Gasteiger partial charge in [-0.3, -0.25) is 14.2 Å². The van der Waals surface area contributed by atoms with Crippen molar-refractivity contribution in [3.8, 4) is 0 Å². The van der Waals surface area contributed by atoms with Crippen LogP contribution in [0.3, 0.4) is 0 Å². The van der Waals surface area contributed by atoms with E-state index in [-0.39, 0.29) is 24.8 Å². The van der Waals surface area contributed by atoms with Crippen LogP contribution in [0.2, 0.25) is 5.02 Å². The first-order valence-electron chi connectivity index (χ1n) is 9.61. The molecule has 0 bridgehead atoms. The van der Waals surface area contributed by atoms with Crippen LogP contribution < -0.4 is 5.32 Å². The number of alkyl halides is 3. The lowest BCUT2D eigenvalue weighted by atomic mass is 10.2. The number of hydrogen-bond acceptors (Lipinski definition) is 3. The van der Waals surface area contributed by atoms with Gasteiger partial charge in [-0.2, -0.15) is 23.4 Å². The molecule has 6 nitrogen and oxygen atoms in total. The highest BCUT2D eigenvalue weighted by molar-refractivity contribution is 9.10. The highest BCUT2D eigenvalue weighted by Crippen LogP contribution is 2.42. The van der Waals surface area contributed by atoms with Gasteiger partial charge in [0.15, 0.2) is 11.5 Å². The molecule has 2 aromatic heterocycles. The lowest BCUT2D eigenvalue weighted by Gasteiger charge is -2.07. The quantitative estimate of drug-likeness (QED) is 0.453. The van der Waals surface area contributed by atoms with Crippen LogP contribution in [0.5, 0.6) is 0 Å². The SMILES string of the molecule is O=C(CCn1nc(C(F)(F)F)cc1C1CC1)Nc1nn(Cc2ccc(Cl)cc2)cc1Br. The molecule has 0 spiro atoms. The fourth-order valence-corrected chi connectivity index (χ4v) is 3.74. The summed E-state index contributed by atoms with van der Waals surface area (Å²) >= 11 is 9.26. The number of hydrogen-bond donors (Lipinski definition) is 1. The third-order valence-electron chi connectivity index (χ3n) is 4.88. The molecule has 1 aliphatic rings. The fraction of sp³-hybridized carbons (Fsp3) is 0.350. The van der Waals surface area contributed by atoms with E-state index in [1.807, 2.05) is 12.1 Å². The number of aromatic nitrogens is 4. The average molecular weight is 517 g/mol. The van der Waals surface area contributed by atoms with Gasteiger partial charge in [-0.1, -0.05) is 23.7 Å². The third kappa shape index (κ3) is 5.48. The molecular weight excluding hydrogens is 499 g/mol. The zero-order valence-electron chi connectivity index (χ0n) is 16.2. The molecule has 0 aliphatic heterocycles. The van der Waals surface area contributed by atoms with E-state index in [9.17, 15) is 18.0 Å². The van der Waals surface area contributed by atoms with E-state index >= 15 is 0 Å². The molecule has 1 N–H and O–H groups in total. The van der Waals surface area contributed by atoms with Crippen molar-refractivity contribution in [2.75, 3.05) is 5.32 Å². The Morgan fingerprint density at radius 2 is 1.94 bits per heavy atom. The summed E-state index contributed by atoms with van der Waals surface area (Å²) in [6.07, 6.45) is -1.10. The number of carbonyl (C=O) groups is 1. The van der Waals surface area contributed by atoms with Crippen molar-refractivity contribution in [1.82, 2.24) is 19.6 Å². The van der Waals surface area contributed by atoms with Gasteiger partial charge < -0.3 is 5.32 Å². The summed E-state index contributed by atoms with van der Waals surface area (Å²) in [5.74, 6) is 0.0745. The Morgan fingerprint density at radius 3 is 2.58 bits per heavy atom. The zero-order valence-corrected chi connectivity index (χ0v) is 18.5. The Morgan fingerprint density at radius 1 is 1.23 bits per heavy atom. The summed E-state index contributed by atoms with van der Waals surface area (Å²) in [7, 11) is 0. The molecule has 164 valence electrons. The number of anilines is 1. The average Bonchev–Trinajstić information content (AvgIpc) is 3.35. The van der Waals surface area contributed by atoms with Crippen LogP contribution in [-0.2, 0) is 24.1 Å². The largest absolute Gasteiger partial charge is 0.435 e. The lowest BCUT2D eigenvalue weighted by molar-refractivity contribution is -0.141. The Bertz CT molecular complexity index is 1090. The van der Waals surface area contributed by atoms with Crippen LogP contribution in [0.15, 0.2) is 41.0 Å². The fourth-order valence-electron chi connectivity index (χ4n) is 3.20. The molecule has 0 radical (unpaired) electrons. The van der Waals surface area contributed by atoms with Crippen molar-refractivity contribution in [2.24, 2.45) is 0 Å². The molecule has 1 aromatic carbocycles. The van der Waals surface area contributed by atoms with Gasteiger partial charge in [-0.15, -0.1) is 0 Å². The number of amides is 1. The maximum atomic E-state index is 13.0. The maximum absolute atomic E-state index is 13.0. The summed E-state index contributed by atoms with van der Waals surface area (Å²) < 4.78 is 42.6. The molecule has 31 heavy (non-hydrogen) atoms. The molecule has 2 heterocycles. The van der Waals surface area contributed by atoms with E-state index < -0.39 is 11.9 Å². The first kappa shape index (κ1) is 21.9. The zero-order chi connectivity index (χ0) is 22.2. The molecule has 1 fully saturated rings. The third-order valence-corrected chi connectivity index (χ3v) is 5.71. The number of nitrogens with one attached hydrogen (secondary N) is 1. The Balaban J connectivity index is 1.38. The smallest absolute Gasteiger partial charge is 0.308 e. The number of rotatable bonds is 7. The molecule has 1 amide bonds. The summed E-state index contributed by atoms with van der Waals surface area (Å²) in [5, 5.41) is 11.4. The highest BCUT2D eigenvalue weighted by atomic mass is 79.9. The number of halogens is 5. The van der Waals surface area contributed by atoms with Crippen LogP contribution >= 0.6 is 27.5 Å². The van der Waals surface area contributed by atoms with Gasteiger partial charge in [0.2, 0.25) is 5.91 Å². The second-order valence-corrected chi connectivity index (χ2v) is 8.69. The second-order valence-electron chi connectivity index (χ2n) is 7.40. The van der Waals surface area contributed by atoms with E-state index in [1.165, 1.54) is 4.68 Å². The van der Waals surface area contributed by atoms with Crippen molar-refractivity contribution in [3.05, 3.63) is 63.0 Å². The van der Waals surface area contributed by atoms with Crippen LogP contribution in [0, 0.1) is 0 Å². The van der Waals surface area contributed by atoms with Gasteiger partial charge in [0, 0.05) is 35.8 Å². The van der Waals surface area contributed by atoms with Crippen LogP contribution in [0.25, 0.3) is 0 Å². The molecule has 1 saturated carbocycles. The molecule has 0 saturated heterocycles. The molecule has 1 aliphatic carbocycles. The molecular formula is C20H18BrClF3N5O. The van der Waals surface area contributed by atoms with Gasteiger partial charge in [0.25, 0.3) is 0 Å². The summed E-state index contributed by atoms with van der Waals surface area (Å²) in [5.41, 5.74) is 0.607. The van der Waals surface area contributed by atoms with Crippen molar-refractivity contribution < 1.29 is 18.0 Å². The minimum Gasteiger partial charge on any atom is -0.308 e. The minimum absolute atomic E-state index is 0.0187. The van der Waals surface area contributed by atoms with E-state index in [1.54, 1.807) is 23.0 Å². The number of benzene rings is 1. The van der Waals surface area contributed by atoms with Gasteiger partial charge >= 0.3 is 6.18 Å². The first-order valence-corrected chi connectivity index (χ1v) is 10.8. The van der Waals surface area contributed by atoms with Gasteiger partial charge in [0.1, 0.15) is 0 Å². The summed E-state index contributed by atoms with van der Waals surface area (Å²) in [6, 6.07) is 8.42. The van der Waals surface area contributed by atoms with Crippen molar-refractivity contribution in [1.29, 1.82) is 0 Å². The van der Waals surface area contributed by atoms with Crippen LogP contribution in [0.4, 0.5) is 19.0 Å². The minimum atomic E-state index is -4.50. The topological polar surface area (TPSA) is 64.7 Å².